The number of ether oxygens (including phenoxy) is 2. The Morgan fingerprint density at radius 2 is 1.76 bits per heavy atom. The molecule has 0 saturated carbocycles. The van der Waals surface area contributed by atoms with Gasteiger partial charge in [0.25, 0.3) is 5.56 Å². The molecule has 0 amide bonds. The van der Waals surface area contributed by atoms with E-state index in [1.54, 1.807) is 14.2 Å². The molecule has 2 aromatic carbocycles. The number of benzene rings is 2. The van der Waals surface area contributed by atoms with Crippen LogP contribution in [0.3, 0.4) is 0 Å². The number of nitrogens with one attached hydrogen (secondary N) is 2. The van der Waals surface area contributed by atoms with Gasteiger partial charge in [-0.05, 0) is 42.2 Å². The average Bonchev–Trinajstić information content (AvgIpc) is 3.13. The van der Waals surface area contributed by atoms with E-state index in [9.17, 15) is 9.59 Å². The lowest BCUT2D eigenvalue weighted by Crippen LogP contribution is -2.35. The molecule has 7 nitrogen and oxygen atoms in total. The Bertz CT molecular complexity index is 1330. The number of nitrogens with zero attached hydrogens (tertiary/aromatic N) is 1. The number of fused-ring (bicyclic) bond motifs is 1. The molecule has 3 aromatic rings. The van der Waals surface area contributed by atoms with Crippen molar-refractivity contribution in [3.8, 4) is 17.2 Å². The number of rotatable bonds is 4. The molecule has 2 aliphatic rings. The zero-order chi connectivity index (χ0) is 23.3. The lowest BCUT2D eigenvalue weighted by Gasteiger charge is -2.38. The number of hydrogen-bond donors (Lipinski definition) is 2. The molecule has 1 aliphatic carbocycles. The smallest absolute Gasteiger partial charge is 0.277 e. The number of Topliss-reactive ketones (excluding diaryl/α,β-unsaturated/α-hetero) is 1. The summed E-state index contributed by atoms with van der Waals surface area (Å²) < 4.78 is 12.7. The molecule has 1 atom stereocenters. The van der Waals surface area contributed by atoms with Crippen LogP contribution in [0.4, 0.5) is 5.82 Å². The minimum Gasteiger partial charge on any atom is -0.497 e. The SMILES string of the molecule is COc1ccc(OC)c([C@H]2C3=C(CC(C)(C)CC3=O)Nc3[nH]n(-c4ccccc4)c(=O)c32)c1. The van der Waals surface area contributed by atoms with E-state index in [-0.39, 0.29) is 16.8 Å². The fourth-order valence-corrected chi connectivity index (χ4v) is 5.02. The van der Waals surface area contributed by atoms with E-state index < -0.39 is 5.92 Å². The highest BCUT2D eigenvalue weighted by Gasteiger charge is 2.43. The maximum Gasteiger partial charge on any atom is 0.277 e. The van der Waals surface area contributed by atoms with Gasteiger partial charge in [-0.3, -0.25) is 14.7 Å². The number of anilines is 1. The van der Waals surface area contributed by atoms with Gasteiger partial charge >= 0.3 is 0 Å². The predicted molar refractivity (Wildman–Crippen MR) is 126 cm³/mol. The molecule has 1 aliphatic heterocycles. The van der Waals surface area contributed by atoms with Crippen LogP contribution in [0.25, 0.3) is 5.69 Å². The van der Waals surface area contributed by atoms with Gasteiger partial charge in [0.15, 0.2) is 5.78 Å². The second-order valence-corrected chi connectivity index (χ2v) is 9.38. The van der Waals surface area contributed by atoms with Gasteiger partial charge in [0, 0.05) is 23.3 Å². The van der Waals surface area contributed by atoms with Crippen LogP contribution in [0.5, 0.6) is 11.5 Å². The number of methoxy groups -OCH3 is 2. The largest absolute Gasteiger partial charge is 0.497 e. The number of carbonyl (C=O) groups is 1. The number of hydrogen-bond acceptors (Lipinski definition) is 5. The first-order chi connectivity index (χ1) is 15.8. The van der Waals surface area contributed by atoms with Gasteiger partial charge in [0.1, 0.15) is 17.3 Å². The molecule has 0 unspecified atom stereocenters. The summed E-state index contributed by atoms with van der Waals surface area (Å²) in [6.45, 7) is 4.18. The fraction of sp³-hybridized carbons (Fsp3) is 0.308. The Labute approximate surface area is 192 Å². The van der Waals surface area contributed by atoms with Gasteiger partial charge in [-0.15, -0.1) is 0 Å². The van der Waals surface area contributed by atoms with E-state index in [4.69, 9.17) is 9.47 Å². The zero-order valence-corrected chi connectivity index (χ0v) is 19.2. The summed E-state index contributed by atoms with van der Waals surface area (Å²) in [5.41, 5.74) is 3.05. The Balaban J connectivity index is 1.79. The molecule has 0 saturated heterocycles. The second-order valence-electron chi connectivity index (χ2n) is 9.38. The third kappa shape index (κ3) is 3.44. The summed E-state index contributed by atoms with van der Waals surface area (Å²) >= 11 is 0. The summed E-state index contributed by atoms with van der Waals surface area (Å²) in [6, 6.07) is 14.9. The molecule has 0 radical (unpaired) electrons. The number of ketones is 1. The van der Waals surface area contributed by atoms with Crippen molar-refractivity contribution in [1.29, 1.82) is 0 Å². The van der Waals surface area contributed by atoms with Crippen molar-refractivity contribution in [2.24, 2.45) is 5.41 Å². The molecule has 0 spiro atoms. The number of carbonyl (C=O) groups excluding carboxylic acids is 1. The van der Waals surface area contributed by atoms with Crippen molar-refractivity contribution in [3.63, 3.8) is 0 Å². The highest BCUT2D eigenvalue weighted by molar-refractivity contribution is 6.01. The molecule has 170 valence electrons. The average molecular weight is 446 g/mol. The van der Waals surface area contributed by atoms with Crippen molar-refractivity contribution < 1.29 is 14.3 Å². The Hall–Kier alpha value is -3.74. The van der Waals surface area contributed by atoms with E-state index in [0.29, 0.717) is 41.3 Å². The van der Waals surface area contributed by atoms with E-state index in [0.717, 1.165) is 16.9 Å². The van der Waals surface area contributed by atoms with Gasteiger partial charge in [0.2, 0.25) is 0 Å². The number of allylic oxidation sites excluding steroid dienone is 2. The summed E-state index contributed by atoms with van der Waals surface area (Å²) in [5.74, 6) is 1.31. The lowest BCUT2D eigenvalue weighted by molar-refractivity contribution is -0.118. The van der Waals surface area contributed by atoms with Crippen molar-refractivity contribution >= 4 is 11.6 Å². The molecule has 5 rings (SSSR count). The first-order valence-corrected chi connectivity index (χ1v) is 11.0. The molecule has 2 heterocycles. The second kappa shape index (κ2) is 7.69. The lowest BCUT2D eigenvalue weighted by atomic mass is 9.69. The van der Waals surface area contributed by atoms with Crippen LogP contribution in [-0.4, -0.2) is 29.8 Å². The summed E-state index contributed by atoms with van der Waals surface area (Å²) in [7, 11) is 3.19. The highest BCUT2D eigenvalue weighted by Crippen LogP contribution is 2.49. The predicted octanol–water partition coefficient (Wildman–Crippen LogP) is 4.38. The van der Waals surface area contributed by atoms with Crippen molar-refractivity contribution in [2.75, 3.05) is 19.5 Å². The van der Waals surface area contributed by atoms with Crippen molar-refractivity contribution in [3.05, 3.63) is 81.3 Å². The minimum atomic E-state index is -0.571. The maximum atomic E-state index is 13.7. The van der Waals surface area contributed by atoms with Crippen molar-refractivity contribution in [1.82, 2.24) is 9.78 Å². The van der Waals surface area contributed by atoms with Crippen molar-refractivity contribution in [2.45, 2.75) is 32.6 Å². The standard InChI is InChI=1S/C26H27N3O4/c1-26(2)13-18-22(19(30)14-26)21(17-12-16(32-3)10-11-20(17)33-4)23-24(27-18)28-29(25(23)31)15-8-6-5-7-9-15/h5-12,21,27-28H,13-14H2,1-4H3/t21-/m0/s1. The quantitative estimate of drug-likeness (QED) is 0.622. The molecular formula is C26H27N3O4. The minimum absolute atomic E-state index is 0.0427. The van der Waals surface area contributed by atoms with Crippen LogP contribution < -0.4 is 20.3 Å². The van der Waals surface area contributed by atoms with Gasteiger partial charge in [-0.2, -0.15) is 0 Å². The third-order valence-electron chi connectivity index (χ3n) is 6.46. The van der Waals surface area contributed by atoms with E-state index >= 15 is 0 Å². The van der Waals surface area contributed by atoms with Crippen LogP contribution >= 0.6 is 0 Å². The summed E-state index contributed by atoms with van der Waals surface area (Å²) in [4.78, 5) is 27.2. The number of aromatic amines is 1. The molecule has 0 fully saturated rings. The topological polar surface area (TPSA) is 85.3 Å². The number of H-pyrrole nitrogens is 1. The van der Waals surface area contributed by atoms with E-state index in [1.165, 1.54) is 4.68 Å². The van der Waals surface area contributed by atoms with Crippen LogP contribution in [-0.2, 0) is 4.79 Å². The summed E-state index contributed by atoms with van der Waals surface area (Å²) in [6.07, 6.45) is 1.12. The molecule has 0 bridgehead atoms. The normalized spacial score (nSPS) is 18.9. The maximum absolute atomic E-state index is 13.7. The van der Waals surface area contributed by atoms with Gasteiger partial charge in [-0.1, -0.05) is 32.0 Å². The monoisotopic (exact) mass is 445 g/mol. The van der Waals surface area contributed by atoms with E-state index in [2.05, 4.69) is 24.3 Å². The van der Waals surface area contributed by atoms with E-state index in [1.807, 2.05) is 48.5 Å². The highest BCUT2D eigenvalue weighted by atomic mass is 16.5. The van der Waals surface area contributed by atoms with Crippen LogP contribution in [0.15, 0.2) is 64.6 Å². The zero-order valence-electron chi connectivity index (χ0n) is 19.2. The van der Waals surface area contributed by atoms with Crippen LogP contribution in [0.2, 0.25) is 0 Å². The summed E-state index contributed by atoms with van der Waals surface area (Å²) in [5, 5.41) is 6.63. The Morgan fingerprint density at radius 3 is 2.45 bits per heavy atom. The van der Waals surface area contributed by atoms with Crippen LogP contribution in [0, 0.1) is 5.41 Å². The Morgan fingerprint density at radius 1 is 1.00 bits per heavy atom. The Kier molecular flexibility index (Phi) is 4.92. The first-order valence-electron chi connectivity index (χ1n) is 11.0. The number of aromatic nitrogens is 2. The third-order valence-corrected chi connectivity index (χ3v) is 6.46. The van der Waals surface area contributed by atoms with Gasteiger partial charge in [0.05, 0.1) is 31.4 Å². The molecule has 7 heteroatoms. The number of para-hydroxylation sites is 1. The fourth-order valence-electron chi connectivity index (χ4n) is 5.02. The van der Waals surface area contributed by atoms with Gasteiger partial charge < -0.3 is 14.8 Å². The molecule has 2 N–H and O–H groups in total. The van der Waals surface area contributed by atoms with Crippen LogP contribution in [0.1, 0.15) is 43.7 Å². The first kappa shape index (κ1) is 21.1. The van der Waals surface area contributed by atoms with Gasteiger partial charge in [-0.25, -0.2) is 4.68 Å². The molecule has 33 heavy (non-hydrogen) atoms. The molecule has 1 aromatic heterocycles. The molecular weight excluding hydrogens is 418 g/mol.